The van der Waals surface area contributed by atoms with Gasteiger partial charge >= 0.3 is 0 Å². The first-order valence-electron chi connectivity index (χ1n) is 5.89. The molecule has 0 bridgehead atoms. The standard InChI is InChI=1S/C12H27NO2/c1-11(2,12(3,4)15)13-9-7-5-6-8-10-14/h13-15H,5-10H2,1-4H3. The van der Waals surface area contributed by atoms with E-state index in [9.17, 15) is 5.11 Å². The average Bonchev–Trinajstić information content (AvgIpc) is 2.09. The van der Waals surface area contributed by atoms with Gasteiger partial charge in [-0.15, -0.1) is 0 Å². The lowest BCUT2D eigenvalue weighted by atomic mass is 9.86. The Morgan fingerprint density at radius 1 is 0.933 bits per heavy atom. The summed E-state index contributed by atoms with van der Waals surface area (Å²) in [5.74, 6) is 0. The highest BCUT2D eigenvalue weighted by molar-refractivity contribution is 4.93. The highest BCUT2D eigenvalue weighted by Crippen LogP contribution is 2.20. The summed E-state index contributed by atoms with van der Waals surface area (Å²) in [6, 6.07) is 0. The molecule has 0 aromatic rings. The third kappa shape index (κ3) is 6.13. The molecule has 92 valence electrons. The second-order valence-corrected chi connectivity index (χ2v) is 5.25. The summed E-state index contributed by atoms with van der Waals surface area (Å²) in [7, 11) is 0. The van der Waals surface area contributed by atoms with E-state index in [-0.39, 0.29) is 5.54 Å². The maximum atomic E-state index is 9.89. The van der Waals surface area contributed by atoms with Gasteiger partial charge in [-0.3, -0.25) is 0 Å². The topological polar surface area (TPSA) is 52.5 Å². The SMILES string of the molecule is CC(C)(O)C(C)(C)NCCCCCCO. The van der Waals surface area contributed by atoms with Gasteiger partial charge in [0, 0.05) is 12.1 Å². The van der Waals surface area contributed by atoms with Gasteiger partial charge < -0.3 is 15.5 Å². The fourth-order valence-electron chi connectivity index (χ4n) is 1.21. The molecule has 0 saturated carbocycles. The Kier molecular flexibility index (Phi) is 6.41. The molecule has 0 rings (SSSR count). The van der Waals surface area contributed by atoms with Crippen LogP contribution in [0.5, 0.6) is 0 Å². The lowest BCUT2D eigenvalue weighted by molar-refractivity contribution is -0.00442. The van der Waals surface area contributed by atoms with Crippen LogP contribution in [-0.4, -0.2) is 34.5 Å². The number of aliphatic hydroxyl groups is 2. The predicted molar refractivity (Wildman–Crippen MR) is 63.9 cm³/mol. The van der Waals surface area contributed by atoms with Crippen molar-refractivity contribution in [2.45, 2.75) is 64.5 Å². The molecule has 0 aromatic carbocycles. The predicted octanol–water partition coefficient (Wildman–Crippen LogP) is 1.68. The van der Waals surface area contributed by atoms with Crippen molar-refractivity contribution in [1.29, 1.82) is 0 Å². The van der Waals surface area contributed by atoms with Gasteiger partial charge in [-0.1, -0.05) is 12.8 Å². The largest absolute Gasteiger partial charge is 0.396 e. The second kappa shape index (κ2) is 6.46. The highest BCUT2D eigenvalue weighted by atomic mass is 16.3. The monoisotopic (exact) mass is 217 g/mol. The molecular weight excluding hydrogens is 190 g/mol. The normalized spacial score (nSPS) is 13.2. The van der Waals surface area contributed by atoms with Crippen molar-refractivity contribution in [1.82, 2.24) is 5.32 Å². The van der Waals surface area contributed by atoms with Crippen LogP contribution >= 0.6 is 0 Å². The van der Waals surface area contributed by atoms with Crippen LogP contribution in [0.2, 0.25) is 0 Å². The van der Waals surface area contributed by atoms with Crippen molar-refractivity contribution in [2.75, 3.05) is 13.2 Å². The van der Waals surface area contributed by atoms with Gasteiger partial charge in [-0.2, -0.15) is 0 Å². The van der Waals surface area contributed by atoms with Crippen molar-refractivity contribution in [3.05, 3.63) is 0 Å². The number of hydrogen-bond acceptors (Lipinski definition) is 3. The minimum atomic E-state index is -0.710. The van der Waals surface area contributed by atoms with E-state index in [0.717, 1.165) is 32.2 Å². The van der Waals surface area contributed by atoms with E-state index in [4.69, 9.17) is 5.11 Å². The smallest absolute Gasteiger partial charge is 0.0767 e. The van der Waals surface area contributed by atoms with Gasteiger partial charge in [0.15, 0.2) is 0 Å². The third-order valence-corrected chi connectivity index (χ3v) is 3.18. The molecule has 0 heterocycles. The number of rotatable bonds is 8. The molecule has 3 N–H and O–H groups in total. The van der Waals surface area contributed by atoms with Gasteiger partial charge in [-0.05, 0) is 47.1 Å². The summed E-state index contributed by atoms with van der Waals surface area (Å²) >= 11 is 0. The molecule has 0 atom stereocenters. The van der Waals surface area contributed by atoms with Crippen LogP contribution in [-0.2, 0) is 0 Å². The molecule has 0 aromatic heterocycles. The van der Waals surface area contributed by atoms with Crippen molar-refractivity contribution >= 4 is 0 Å². The minimum Gasteiger partial charge on any atom is -0.396 e. The van der Waals surface area contributed by atoms with Crippen LogP contribution in [0.1, 0.15) is 53.4 Å². The van der Waals surface area contributed by atoms with Crippen molar-refractivity contribution < 1.29 is 10.2 Å². The fraction of sp³-hybridized carbons (Fsp3) is 1.00. The van der Waals surface area contributed by atoms with Crippen molar-refractivity contribution in [2.24, 2.45) is 0 Å². The van der Waals surface area contributed by atoms with Crippen LogP contribution in [0.25, 0.3) is 0 Å². The van der Waals surface area contributed by atoms with E-state index in [2.05, 4.69) is 5.32 Å². The summed E-state index contributed by atoms with van der Waals surface area (Å²) in [6.45, 7) is 8.89. The number of aliphatic hydroxyl groups excluding tert-OH is 1. The molecule has 0 saturated heterocycles. The molecule has 3 heteroatoms. The Bertz CT molecular complexity index is 161. The first-order valence-corrected chi connectivity index (χ1v) is 5.89. The average molecular weight is 217 g/mol. The van der Waals surface area contributed by atoms with Crippen molar-refractivity contribution in [3.8, 4) is 0 Å². The second-order valence-electron chi connectivity index (χ2n) is 5.25. The quantitative estimate of drug-likeness (QED) is 0.542. The summed E-state index contributed by atoms with van der Waals surface area (Å²) in [5, 5.41) is 21.9. The van der Waals surface area contributed by atoms with E-state index in [1.54, 1.807) is 0 Å². The zero-order valence-electron chi connectivity index (χ0n) is 10.6. The summed E-state index contributed by atoms with van der Waals surface area (Å²) in [5.41, 5.74) is -0.970. The van der Waals surface area contributed by atoms with Crippen LogP contribution in [0.3, 0.4) is 0 Å². The fourth-order valence-corrected chi connectivity index (χ4v) is 1.21. The molecule has 0 spiro atoms. The number of nitrogens with one attached hydrogen (secondary N) is 1. The molecule has 0 aliphatic heterocycles. The Hall–Kier alpha value is -0.120. The first kappa shape index (κ1) is 14.9. The van der Waals surface area contributed by atoms with Crippen molar-refractivity contribution in [3.63, 3.8) is 0 Å². The maximum absolute atomic E-state index is 9.89. The molecule has 0 amide bonds. The van der Waals surface area contributed by atoms with Crippen LogP contribution < -0.4 is 5.32 Å². The van der Waals surface area contributed by atoms with Crippen LogP contribution in [0, 0.1) is 0 Å². The van der Waals surface area contributed by atoms with Gasteiger partial charge in [0.1, 0.15) is 0 Å². The molecule has 0 unspecified atom stereocenters. The Morgan fingerprint density at radius 2 is 1.47 bits per heavy atom. The Balaban J connectivity index is 3.58. The lowest BCUT2D eigenvalue weighted by Gasteiger charge is -2.38. The Labute approximate surface area is 93.9 Å². The van der Waals surface area contributed by atoms with E-state index >= 15 is 0 Å². The van der Waals surface area contributed by atoms with E-state index in [0.29, 0.717) is 6.61 Å². The molecule has 0 fully saturated rings. The number of hydrogen-bond donors (Lipinski definition) is 3. The lowest BCUT2D eigenvalue weighted by Crippen LogP contribution is -2.56. The van der Waals surface area contributed by atoms with Crippen LogP contribution in [0.15, 0.2) is 0 Å². The summed E-state index contributed by atoms with van der Waals surface area (Å²) in [6.07, 6.45) is 4.21. The molecule has 3 nitrogen and oxygen atoms in total. The van der Waals surface area contributed by atoms with Gasteiger partial charge in [0.05, 0.1) is 5.60 Å². The van der Waals surface area contributed by atoms with E-state index in [1.807, 2.05) is 27.7 Å². The maximum Gasteiger partial charge on any atom is 0.0767 e. The summed E-state index contributed by atoms with van der Waals surface area (Å²) in [4.78, 5) is 0. The minimum absolute atomic E-state index is 0.260. The summed E-state index contributed by atoms with van der Waals surface area (Å²) < 4.78 is 0. The molecule has 0 radical (unpaired) electrons. The zero-order valence-corrected chi connectivity index (χ0v) is 10.6. The van der Waals surface area contributed by atoms with E-state index in [1.165, 1.54) is 0 Å². The molecule has 0 aliphatic carbocycles. The molecule has 0 aliphatic rings. The van der Waals surface area contributed by atoms with E-state index < -0.39 is 5.60 Å². The number of unbranched alkanes of at least 4 members (excludes halogenated alkanes) is 3. The first-order chi connectivity index (χ1) is 6.81. The van der Waals surface area contributed by atoms with Gasteiger partial charge in [0.2, 0.25) is 0 Å². The third-order valence-electron chi connectivity index (χ3n) is 3.18. The highest BCUT2D eigenvalue weighted by Gasteiger charge is 2.33. The van der Waals surface area contributed by atoms with Gasteiger partial charge in [0.25, 0.3) is 0 Å². The Morgan fingerprint density at radius 3 is 1.93 bits per heavy atom. The zero-order chi connectivity index (χ0) is 11.9. The van der Waals surface area contributed by atoms with Gasteiger partial charge in [-0.25, -0.2) is 0 Å². The molecular formula is C12H27NO2. The van der Waals surface area contributed by atoms with Crippen LogP contribution in [0.4, 0.5) is 0 Å². The molecule has 15 heavy (non-hydrogen) atoms.